The molecular weight excluding hydrogens is 504 g/mol. The first-order chi connectivity index (χ1) is 18.1. The molecule has 2 saturated heterocycles. The van der Waals surface area contributed by atoms with Gasteiger partial charge in [0, 0.05) is 42.2 Å². The largest absolute Gasteiger partial charge is 0.494 e. The standard InChI is InChI=1S/C28H36N4O3S2/c1-2-31-19-26(27(33)24-9-3-4-10-25(24)31)37-32-14-11-28(12-15-32)18-21(20-35-28)30-13-6-16-34-22-7-5-8-23(17-22)36-29/h3-5,7-10,17,19,21,30H,2,6,11-16,18,20,29H2,1H3. The maximum absolute atomic E-state index is 13.1. The summed E-state index contributed by atoms with van der Waals surface area (Å²) in [4.78, 5) is 14.9. The van der Waals surface area contributed by atoms with Gasteiger partial charge in [0.2, 0.25) is 5.43 Å². The van der Waals surface area contributed by atoms with E-state index in [4.69, 9.17) is 14.6 Å². The quantitative estimate of drug-likeness (QED) is 0.284. The summed E-state index contributed by atoms with van der Waals surface area (Å²) in [6.45, 7) is 7.13. The summed E-state index contributed by atoms with van der Waals surface area (Å²) in [5, 5.41) is 10.1. The minimum absolute atomic E-state index is 0.0431. The molecule has 2 aliphatic rings. The molecule has 2 fully saturated rings. The van der Waals surface area contributed by atoms with Crippen LogP contribution in [0.15, 0.2) is 69.3 Å². The molecular formula is C28H36N4O3S2. The number of ether oxygens (including phenoxy) is 2. The van der Waals surface area contributed by atoms with Crippen molar-refractivity contribution in [3.8, 4) is 5.75 Å². The Hall–Kier alpha value is -2.01. The van der Waals surface area contributed by atoms with Gasteiger partial charge in [-0.1, -0.05) is 18.2 Å². The number of rotatable bonds is 10. The molecule has 1 unspecified atom stereocenters. The third kappa shape index (κ3) is 6.35. The monoisotopic (exact) mass is 540 g/mol. The molecule has 0 saturated carbocycles. The van der Waals surface area contributed by atoms with Crippen molar-refractivity contribution in [2.24, 2.45) is 5.14 Å². The Morgan fingerprint density at radius 2 is 2.03 bits per heavy atom. The lowest BCUT2D eigenvalue weighted by Crippen LogP contribution is -2.42. The molecule has 7 nitrogen and oxygen atoms in total. The zero-order valence-electron chi connectivity index (χ0n) is 21.4. The van der Waals surface area contributed by atoms with Gasteiger partial charge in [-0.15, -0.1) is 0 Å². The number of aromatic nitrogens is 1. The Bertz CT molecular complexity index is 1260. The van der Waals surface area contributed by atoms with Crippen LogP contribution in [0.25, 0.3) is 10.9 Å². The zero-order valence-corrected chi connectivity index (χ0v) is 23.0. The number of nitrogens with zero attached hydrogens (tertiary/aromatic N) is 2. The van der Waals surface area contributed by atoms with Gasteiger partial charge in [-0.3, -0.25) is 9.93 Å². The van der Waals surface area contributed by atoms with E-state index in [-0.39, 0.29) is 11.0 Å². The van der Waals surface area contributed by atoms with Crippen molar-refractivity contribution in [3.05, 3.63) is 65.0 Å². The number of nitrogens with two attached hydrogens (primary N) is 1. The second-order valence-electron chi connectivity index (χ2n) is 9.79. The van der Waals surface area contributed by atoms with Crippen LogP contribution in [0.1, 0.15) is 32.6 Å². The topological polar surface area (TPSA) is 81.8 Å². The molecule has 0 aliphatic carbocycles. The van der Waals surface area contributed by atoms with Gasteiger partial charge in [0.15, 0.2) is 0 Å². The molecule has 2 aliphatic heterocycles. The van der Waals surface area contributed by atoms with Crippen LogP contribution in [0.4, 0.5) is 0 Å². The third-order valence-electron chi connectivity index (χ3n) is 7.33. The molecule has 0 bridgehead atoms. The van der Waals surface area contributed by atoms with Crippen LogP contribution >= 0.6 is 23.9 Å². The summed E-state index contributed by atoms with van der Waals surface area (Å²) in [6, 6.07) is 16.1. The highest BCUT2D eigenvalue weighted by atomic mass is 32.2. The zero-order chi connectivity index (χ0) is 25.7. The van der Waals surface area contributed by atoms with Gasteiger partial charge in [-0.2, -0.15) is 0 Å². The van der Waals surface area contributed by atoms with Crippen molar-refractivity contribution in [2.75, 3.05) is 32.8 Å². The van der Waals surface area contributed by atoms with E-state index in [1.54, 1.807) is 11.9 Å². The molecule has 1 atom stereocenters. The fraction of sp³-hybridized carbons (Fsp3) is 0.464. The van der Waals surface area contributed by atoms with Gasteiger partial charge in [-0.05, 0) is 93.4 Å². The molecule has 1 aromatic heterocycles. The highest BCUT2D eigenvalue weighted by Gasteiger charge is 2.42. The molecule has 9 heteroatoms. The van der Waals surface area contributed by atoms with Crippen LogP contribution in [-0.2, 0) is 11.3 Å². The van der Waals surface area contributed by atoms with E-state index >= 15 is 0 Å². The van der Waals surface area contributed by atoms with Crippen LogP contribution in [-0.4, -0.2) is 53.4 Å². The van der Waals surface area contributed by atoms with Gasteiger partial charge < -0.3 is 19.4 Å². The minimum atomic E-state index is -0.0431. The lowest BCUT2D eigenvalue weighted by atomic mass is 9.88. The number of para-hydroxylation sites is 1. The van der Waals surface area contributed by atoms with Crippen LogP contribution in [0, 0.1) is 0 Å². The van der Waals surface area contributed by atoms with Crippen LogP contribution < -0.4 is 20.6 Å². The Morgan fingerprint density at radius 3 is 2.84 bits per heavy atom. The summed E-state index contributed by atoms with van der Waals surface area (Å²) in [5.74, 6) is 0.862. The molecule has 5 rings (SSSR count). The highest BCUT2D eigenvalue weighted by molar-refractivity contribution is 7.97. The third-order valence-corrected chi connectivity index (χ3v) is 8.97. The van der Waals surface area contributed by atoms with Crippen molar-refractivity contribution in [2.45, 2.75) is 60.6 Å². The van der Waals surface area contributed by atoms with Gasteiger partial charge in [0.05, 0.1) is 29.2 Å². The van der Waals surface area contributed by atoms with Crippen LogP contribution in [0.5, 0.6) is 5.75 Å². The molecule has 3 N–H and O–H groups in total. The average Bonchev–Trinajstić information content (AvgIpc) is 3.33. The van der Waals surface area contributed by atoms with Gasteiger partial charge in [0.1, 0.15) is 5.75 Å². The van der Waals surface area contributed by atoms with E-state index in [9.17, 15) is 4.79 Å². The van der Waals surface area contributed by atoms with E-state index in [0.29, 0.717) is 12.6 Å². The Balaban J connectivity index is 1.07. The van der Waals surface area contributed by atoms with Gasteiger partial charge in [0.25, 0.3) is 0 Å². The number of aryl methyl sites for hydroxylation is 1. The Morgan fingerprint density at radius 1 is 1.19 bits per heavy atom. The van der Waals surface area contributed by atoms with E-state index in [2.05, 4.69) is 21.1 Å². The molecule has 37 heavy (non-hydrogen) atoms. The van der Waals surface area contributed by atoms with Crippen molar-refractivity contribution in [1.29, 1.82) is 0 Å². The Labute approximate surface area is 227 Å². The van der Waals surface area contributed by atoms with E-state index in [1.807, 2.05) is 54.7 Å². The molecule has 3 heterocycles. The van der Waals surface area contributed by atoms with Gasteiger partial charge in [-0.25, -0.2) is 4.31 Å². The fourth-order valence-electron chi connectivity index (χ4n) is 5.30. The number of hydrogen-bond acceptors (Lipinski definition) is 8. The van der Waals surface area contributed by atoms with Crippen molar-refractivity contribution < 1.29 is 9.47 Å². The fourth-order valence-corrected chi connectivity index (χ4v) is 6.65. The minimum Gasteiger partial charge on any atom is -0.494 e. The number of benzene rings is 2. The maximum Gasteiger partial charge on any atom is 0.204 e. The average molecular weight is 541 g/mol. The first kappa shape index (κ1) is 26.6. The number of pyridine rings is 1. The SMILES string of the molecule is CCn1cc(SN2CCC3(CC2)CC(NCCCOc2cccc(SN)c2)CO3)c(=O)c2ccccc21. The second-order valence-corrected chi connectivity index (χ2v) is 11.6. The smallest absolute Gasteiger partial charge is 0.204 e. The molecule has 198 valence electrons. The van der Waals surface area contributed by atoms with Crippen LogP contribution in [0.2, 0.25) is 0 Å². The van der Waals surface area contributed by atoms with Crippen LogP contribution in [0.3, 0.4) is 0 Å². The first-order valence-corrected chi connectivity index (χ1v) is 14.8. The predicted molar refractivity (Wildman–Crippen MR) is 152 cm³/mol. The van der Waals surface area contributed by atoms with E-state index in [1.165, 1.54) is 11.9 Å². The highest BCUT2D eigenvalue weighted by Crippen LogP contribution is 2.38. The van der Waals surface area contributed by atoms with Crippen molar-refractivity contribution in [3.63, 3.8) is 0 Å². The number of nitrogens with one attached hydrogen (secondary N) is 1. The molecule has 0 amide bonds. The lowest BCUT2D eigenvalue weighted by molar-refractivity contribution is -0.0300. The predicted octanol–water partition coefficient (Wildman–Crippen LogP) is 4.68. The number of piperidine rings is 1. The normalized spacial score (nSPS) is 19.6. The maximum atomic E-state index is 13.1. The summed E-state index contributed by atoms with van der Waals surface area (Å²) < 4.78 is 16.7. The number of fused-ring (bicyclic) bond motifs is 1. The Kier molecular flexibility index (Phi) is 8.79. The summed E-state index contributed by atoms with van der Waals surface area (Å²) in [6.07, 6.45) is 5.98. The van der Waals surface area contributed by atoms with Crippen molar-refractivity contribution >= 4 is 34.8 Å². The molecule has 1 spiro atoms. The summed E-state index contributed by atoms with van der Waals surface area (Å²) >= 11 is 2.84. The molecule has 0 radical (unpaired) electrons. The summed E-state index contributed by atoms with van der Waals surface area (Å²) in [5.41, 5.74) is 1.08. The lowest BCUT2D eigenvalue weighted by Gasteiger charge is -2.38. The molecule has 2 aromatic carbocycles. The van der Waals surface area contributed by atoms with Gasteiger partial charge >= 0.3 is 0 Å². The number of hydrogen-bond donors (Lipinski definition) is 2. The first-order valence-electron chi connectivity index (χ1n) is 13.1. The van der Waals surface area contributed by atoms with E-state index < -0.39 is 0 Å². The summed E-state index contributed by atoms with van der Waals surface area (Å²) in [7, 11) is 0. The molecule has 3 aromatic rings. The second kappa shape index (κ2) is 12.2. The van der Waals surface area contributed by atoms with Crippen molar-refractivity contribution in [1.82, 2.24) is 14.2 Å². The van der Waals surface area contributed by atoms with E-state index in [0.717, 1.165) is 84.9 Å².